The molecule has 6 heteroatoms. The van der Waals surface area contributed by atoms with Gasteiger partial charge in [-0.05, 0) is 12.5 Å². The van der Waals surface area contributed by atoms with E-state index in [1.807, 2.05) is 30.3 Å². The molecule has 1 aromatic heterocycles. The number of aryl methyl sites for hydroxylation is 1. The van der Waals surface area contributed by atoms with E-state index in [2.05, 4.69) is 15.7 Å². The number of amides is 2. The van der Waals surface area contributed by atoms with E-state index >= 15 is 0 Å². The Bertz CT molecular complexity index is 578. The molecule has 1 aromatic carbocycles. The maximum absolute atomic E-state index is 11.7. The molecule has 0 aliphatic rings. The number of carbonyl (C=O) groups is 1. The Balaban J connectivity index is 1.89. The summed E-state index contributed by atoms with van der Waals surface area (Å²) in [7, 11) is 1.77. The lowest BCUT2D eigenvalue weighted by atomic mass is 9.96. The van der Waals surface area contributed by atoms with Crippen molar-refractivity contribution in [1.82, 2.24) is 15.1 Å². The summed E-state index contributed by atoms with van der Waals surface area (Å²) in [6.07, 6.45) is 1.73. The van der Waals surface area contributed by atoms with Crippen LogP contribution in [0.3, 0.4) is 0 Å². The van der Waals surface area contributed by atoms with Crippen LogP contribution in [-0.2, 0) is 12.6 Å². The second-order valence-electron chi connectivity index (χ2n) is 4.82. The van der Waals surface area contributed by atoms with Crippen LogP contribution in [0.25, 0.3) is 0 Å². The van der Waals surface area contributed by atoms with Gasteiger partial charge in [-0.1, -0.05) is 30.3 Å². The molecule has 0 saturated heterocycles. The molecule has 0 radical (unpaired) electrons. The van der Waals surface area contributed by atoms with Gasteiger partial charge in [0.15, 0.2) is 5.82 Å². The number of hydrogen-bond donors (Lipinski definition) is 3. The molecule has 2 aromatic rings. The minimum Gasteiger partial charge on any atom is -0.384 e. The highest BCUT2D eigenvalue weighted by Gasteiger charge is 2.23. The fraction of sp³-hybridized carbons (Fsp3) is 0.286. The monoisotopic (exact) mass is 274 g/mol. The molecule has 1 atom stereocenters. The average molecular weight is 274 g/mol. The number of urea groups is 1. The predicted molar refractivity (Wildman–Crippen MR) is 76.2 cm³/mol. The van der Waals surface area contributed by atoms with Crippen molar-refractivity contribution in [2.24, 2.45) is 7.05 Å². The summed E-state index contributed by atoms with van der Waals surface area (Å²) < 4.78 is 1.59. The van der Waals surface area contributed by atoms with Gasteiger partial charge in [-0.15, -0.1) is 0 Å². The van der Waals surface area contributed by atoms with Crippen molar-refractivity contribution in [3.8, 4) is 0 Å². The van der Waals surface area contributed by atoms with Crippen molar-refractivity contribution in [2.75, 3.05) is 11.9 Å². The van der Waals surface area contributed by atoms with Gasteiger partial charge in [-0.25, -0.2) is 4.79 Å². The van der Waals surface area contributed by atoms with Crippen LogP contribution in [0, 0.1) is 0 Å². The highest BCUT2D eigenvalue weighted by molar-refractivity contribution is 5.88. The lowest BCUT2D eigenvalue weighted by Gasteiger charge is -2.24. The van der Waals surface area contributed by atoms with Crippen LogP contribution in [0.5, 0.6) is 0 Å². The molecule has 0 aliphatic carbocycles. The molecule has 2 rings (SSSR count). The molecule has 20 heavy (non-hydrogen) atoms. The summed E-state index contributed by atoms with van der Waals surface area (Å²) >= 11 is 0. The number of aliphatic hydroxyl groups is 1. The highest BCUT2D eigenvalue weighted by atomic mass is 16.3. The number of rotatable bonds is 4. The Kier molecular flexibility index (Phi) is 4.05. The minimum atomic E-state index is -1.12. The van der Waals surface area contributed by atoms with Gasteiger partial charge in [-0.3, -0.25) is 10.00 Å². The van der Waals surface area contributed by atoms with Gasteiger partial charge >= 0.3 is 6.03 Å². The number of nitrogens with zero attached hydrogens (tertiary/aromatic N) is 2. The average Bonchev–Trinajstić information content (AvgIpc) is 2.83. The van der Waals surface area contributed by atoms with Crippen molar-refractivity contribution >= 4 is 11.8 Å². The van der Waals surface area contributed by atoms with E-state index in [1.54, 1.807) is 30.9 Å². The number of benzene rings is 1. The van der Waals surface area contributed by atoms with E-state index < -0.39 is 11.6 Å². The molecule has 1 unspecified atom stereocenters. The molecular formula is C14H18N4O2. The van der Waals surface area contributed by atoms with Crippen LogP contribution >= 0.6 is 0 Å². The summed E-state index contributed by atoms with van der Waals surface area (Å²) in [5, 5.41) is 19.6. The SMILES string of the molecule is Cn1ccc(NC(=O)NCC(C)(O)c2ccccc2)n1. The summed E-state index contributed by atoms with van der Waals surface area (Å²) in [5.41, 5.74) is -0.374. The van der Waals surface area contributed by atoms with E-state index in [9.17, 15) is 9.90 Å². The zero-order valence-corrected chi connectivity index (χ0v) is 11.5. The van der Waals surface area contributed by atoms with Gasteiger partial charge in [0.25, 0.3) is 0 Å². The van der Waals surface area contributed by atoms with Crippen LogP contribution < -0.4 is 10.6 Å². The first-order valence-corrected chi connectivity index (χ1v) is 6.30. The smallest absolute Gasteiger partial charge is 0.320 e. The van der Waals surface area contributed by atoms with Crippen molar-refractivity contribution in [1.29, 1.82) is 0 Å². The molecule has 1 heterocycles. The molecule has 6 nitrogen and oxygen atoms in total. The Labute approximate surface area is 117 Å². The number of carbonyl (C=O) groups excluding carboxylic acids is 1. The number of aromatic nitrogens is 2. The Morgan fingerprint density at radius 3 is 2.65 bits per heavy atom. The molecule has 0 bridgehead atoms. The van der Waals surface area contributed by atoms with Crippen LogP contribution in [0.4, 0.5) is 10.6 Å². The second kappa shape index (κ2) is 5.75. The molecule has 3 N–H and O–H groups in total. The maximum atomic E-state index is 11.7. The van der Waals surface area contributed by atoms with Gasteiger partial charge in [0.1, 0.15) is 5.60 Å². The summed E-state index contributed by atoms with van der Waals surface area (Å²) in [6.45, 7) is 1.76. The van der Waals surface area contributed by atoms with Gasteiger partial charge in [0.05, 0.1) is 6.54 Å². The van der Waals surface area contributed by atoms with E-state index in [1.165, 1.54) is 0 Å². The fourth-order valence-electron chi connectivity index (χ4n) is 1.79. The minimum absolute atomic E-state index is 0.107. The maximum Gasteiger partial charge on any atom is 0.320 e. The standard InChI is InChI=1S/C14H18N4O2/c1-14(20,11-6-4-3-5-7-11)10-15-13(19)16-12-8-9-18(2)17-12/h3-9,20H,10H2,1-2H3,(H2,15,16,17,19). The third-order valence-electron chi connectivity index (χ3n) is 2.94. The van der Waals surface area contributed by atoms with Gasteiger partial charge in [-0.2, -0.15) is 5.10 Å². The molecule has 0 saturated carbocycles. The fourth-order valence-corrected chi connectivity index (χ4v) is 1.79. The number of anilines is 1. The molecule has 0 spiro atoms. The van der Waals surface area contributed by atoms with Crippen molar-refractivity contribution in [3.63, 3.8) is 0 Å². The summed E-state index contributed by atoms with van der Waals surface area (Å²) in [4.78, 5) is 11.7. The van der Waals surface area contributed by atoms with E-state index in [4.69, 9.17) is 0 Å². The topological polar surface area (TPSA) is 79.2 Å². The molecule has 0 aliphatic heterocycles. The third-order valence-corrected chi connectivity index (χ3v) is 2.94. The zero-order chi connectivity index (χ0) is 14.6. The van der Waals surface area contributed by atoms with Gasteiger partial charge in [0, 0.05) is 19.3 Å². The first-order chi connectivity index (χ1) is 9.47. The van der Waals surface area contributed by atoms with Crippen LogP contribution in [0.1, 0.15) is 12.5 Å². The number of nitrogens with one attached hydrogen (secondary N) is 2. The molecule has 106 valence electrons. The van der Waals surface area contributed by atoms with E-state index in [0.717, 1.165) is 5.56 Å². The van der Waals surface area contributed by atoms with Crippen molar-refractivity contribution in [2.45, 2.75) is 12.5 Å². The highest BCUT2D eigenvalue weighted by Crippen LogP contribution is 2.18. The zero-order valence-electron chi connectivity index (χ0n) is 11.5. The second-order valence-corrected chi connectivity index (χ2v) is 4.82. The normalized spacial score (nSPS) is 13.6. The van der Waals surface area contributed by atoms with Crippen LogP contribution in [-0.4, -0.2) is 27.5 Å². The quantitative estimate of drug-likeness (QED) is 0.789. The first kappa shape index (κ1) is 14.1. The Morgan fingerprint density at radius 2 is 2.05 bits per heavy atom. The Morgan fingerprint density at radius 1 is 1.35 bits per heavy atom. The van der Waals surface area contributed by atoms with Crippen LogP contribution in [0.15, 0.2) is 42.6 Å². The number of hydrogen-bond acceptors (Lipinski definition) is 3. The van der Waals surface area contributed by atoms with Crippen molar-refractivity contribution < 1.29 is 9.90 Å². The van der Waals surface area contributed by atoms with E-state index in [0.29, 0.717) is 5.82 Å². The van der Waals surface area contributed by atoms with Gasteiger partial charge in [0.2, 0.25) is 0 Å². The predicted octanol–water partition coefficient (Wildman–Crippen LogP) is 1.45. The molecular weight excluding hydrogens is 256 g/mol. The molecule has 0 fully saturated rings. The van der Waals surface area contributed by atoms with Crippen LogP contribution in [0.2, 0.25) is 0 Å². The summed E-state index contributed by atoms with van der Waals surface area (Å²) in [5.74, 6) is 0.462. The van der Waals surface area contributed by atoms with Gasteiger partial charge < -0.3 is 10.4 Å². The molecule has 2 amide bonds. The largest absolute Gasteiger partial charge is 0.384 e. The lowest BCUT2D eigenvalue weighted by molar-refractivity contribution is 0.0599. The van der Waals surface area contributed by atoms with E-state index in [-0.39, 0.29) is 6.54 Å². The van der Waals surface area contributed by atoms with Crippen molar-refractivity contribution in [3.05, 3.63) is 48.2 Å². The lowest BCUT2D eigenvalue weighted by Crippen LogP contribution is -2.40. The Hall–Kier alpha value is -2.34. The first-order valence-electron chi connectivity index (χ1n) is 6.30. The summed E-state index contributed by atoms with van der Waals surface area (Å²) in [6, 6.07) is 10.5. The third kappa shape index (κ3) is 3.58.